The first-order chi connectivity index (χ1) is 9.83. The third kappa shape index (κ3) is 7.44. The lowest BCUT2D eigenvalue weighted by Crippen LogP contribution is -2.12. The molecule has 1 aromatic rings. The largest absolute Gasteiger partial charge is 0.481 e. The fraction of sp³-hybridized carbons (Fsp3) is 0.562. The van der Waals surface area contributed by atoms with Gasteiger partial charge in [-0.05, 0) is 32.3 Å². The zero-order valence-electron chi connectivity index (χ0n) is 13.5. The minimum absolute atomic E-state index is 0.102. The van der Waals surface area contributed by atoms with E-state index in [4.69, 9.17) is 10.8 Å². The summed E-state index contributed by atoms with van der Waals surface area (Å²) in [6.07, 6.45) is 5.33. The average Bonchev–Trinajstić information content (AvgIpc) is 2.41. The van der Waals surface area contributed by atoms with E-state index >= 15 is 0 Å². The van der Waals surface area contributed by atoms with E-state index in [2.05, 4.69) is 16.5 Å². The molecule has 0 aromatic carbocycles. The van der Waals surface area contributed by atoms with Crippen molar-refractivity contribution < 1.29 is 9.90 Å². The van der Waals surface area contributed by atoms with Gasteiger partial charge in [-0.2, -0.15) is 0 Å². The predicted molar refractivity (Wildman–Crippen MR) is 85.7 cm³/mol. The van der Waals surface area contributed by atoms with Crippen LogP contribution in [0.2, 0.25) is 0 Å². The Morgan fingerprint density at radius 2 is 1.86 bits per heavy atom. The molecule has 1 heterocycles. The molecule has 0 saturated heterocycles. The molecule has 5 heteroatoms. The highest BCUT2D eigenvalue weighted by Gasteiger charge is 2.13. The Kier molecular flexibility index (Phi) is 9.01. The van der Waals surface area contributed by atoms with Crippen molar-refractivity contribution in [3.63, 3.8) is 0 Å². The van der Waals surface area contributed by atoms with E-state index in [0.717, 1.165) is 42.8 Å². The minimum atomic E-state index is -0.635. The molecule has 0 radical (unpaired) electrons. The molecule has 118 valence electrons. The molecule has 5 nitrogen and oxygen atoms in total. The highest BCUT2D eigenvalue weighted by Crippen LogP contribution is 2.12. The third-order valence-electron chi connectivity index (χ3n) is 3.02. The van der Waals surface area contributed by atoms with Gasteiger partial charge in [0.1, 0.15) is 5.82 Å². The first-order valence-electron chi connectivity index (χ1n) is 7.31. The summed E-state index contributed by atoms with van der Waals surface area (Å²) in [7, 11) is 0. The number of aliphatic carboxylic acids is 1. The van der Waals surface area contributed by atoms with Crippen LogP contribution in [0.25, 0.3) is 5.70 Å². The minimum Gasteiger partial charge on any atom is -0.481 e. The Balaban J connectivity index is 0.000000384. The van der Waals surface area contributed by atoms with Gasteiger partial charge >= 0.3 is 5.97 Å². The second-order valence-corrected chi connectivity index (χ2v) is 5.09. The first kappa shape index (κ1) is 19.1. The molecule has 0 unspecified atom stereocenters. The summed E-state index contributed by atoms with van der Waals surface area (Å²) in [6, 6.07) is 0. The van der Waals surface area contributed by atoms with E-state index in [1.54, 1.807) is 6.20 Å². The maximum absolute atomic E-state index is 10.5. The molecule has 0 spiro atoms. The number of nitrogens with zero attached hydrogens (tertiary/aromatic N) is 2. The van der Waals surface area contributed by atoms with E-state index in [1.165, 1.54) is 0 Å². The quantitative estimate of drug-likeness (QED) is 0.840. The number of carbonyl (C=O) groups is 1. The van der Waals surface area contributed by atoms with Gasteiger partial charge < -0.3 is 10.8 Å². The Bertz CT molecular complexity index is 467. The lowest BCUT2D eigenvalue weighted by atomic mass is 9.99. The molecular formula is C16H27N3O2. The summed E-state index contributed by atoms with van der Waals surface area (Å²) < 4.78 is 0. The van der Waals surface area contributed by atoms with Crippen LogP contribution in [0.15, 0.2) is 12.8 Å². The number of hydrogen-bond donors (Lipinski definition) is 2. The number of aryl methyl sites for hydroxylation is 2. The van der Waals surface area contributed by atoms with Crippen molar-refractivity contribution in [2.45, 2.75) is 53.4 Å². The van der Waals surface area contributed by atoms with E-state index < -0.39 is 5.97 Å². The van der Waals surface area contributed by atoms with Crippen LogP contribution in [0.1, 0.15) is 56.6 Å². The van der Waals surface area contributed by atoms with Gasteiger partial charge in [0.25, 0.3) is 0 Å². The summed E-state index contributed by atoms with van der Waals surface area (Å²) in [5.41, 5.74) is 7.70. The maximum atomic E-state index is 10.5. The monoisotopic (exact) mass is 293 g/mol. The van der Waals surface area contributed by atoms with Crippen LogP contribution >= 0.6 is 0 Å². The fourth-order valence-corrected chi connectivity index (χ4v) is 1.94. The second kappa shape index (κ2) is 9.91. The summed E-state index contributed by atoms with van der Waals surface area (Å²) in [4.78, 5) is 18.6. The van der Waals surface area contributed by atoms with Crippen LogP contribution in [0.5, 0.6) is 0 Å². The third-order valence-corrected chi connectivity index (χ3v) is 3.02. The molecule has 0 atom stereocenters. The highest BCUT2D eigenvalue weighted by molar-refractivity contribution is 5.69. The van der Waals surface area contributed by atoms with Gasteiger partial charge in [0.15, 0.2) is 0 Å². The standard InChI is InChI=1S/C8H11N3.C8H16O2/c1-5-4-10-7(3)11-8(5)6(2)9;1-3-5-7(6-4-2)8(9)10/h4H,2,9H2,1,3H3;7H,3-6H2,1-2H3,(H,9,10). The molecule has 1 rings (SSSR count). The molecule has 0 aliphatic rings. The Morgan fingerprint density at radius 1 is 1.33 bits per heavy atom. The molecule has 0 aliphatic heterocycles. The van der Waals surface area contributed by atoms with E-state index in [0.29, 0.717) is 5.70 Å². The van der Waals surface area contributed by atoms with Crippen LogP contribution in [0, 0.1) is 19.8 Å². The second-order valence-electron chi connectivity index (χ2n) is 5.09. The summed E-state index contributed by atoms with van der Waals surface area (Å²) in [5, 5.41) is 8.64. The zero-order valence-corrected chi connectivity index (χ0v) is 13.5. The number of carboxylic acids is 1. The molecular weight excluding hydrogens is 266 g/mol. The van der Waals surface area contributed by atoms with Crippen molar-refractivity contribution in [2.75, 3.05) is 0 Å². The van der Waals surface area contributed by atoms with Crippen molar-refractivity contribution in [1.82, 2.24) is 9.97 Å². The summed E-state index contributed by atoms with van der Waals surface area (Å²) in [6.45, 7) is 11.4. The highest BCUT2D eigenvalue weighted by atomic mass is 16.4. The Hall–Kier alpha value is -1.91. The number of aromatic nitrogens is 2. The first-order valence-corrected chi connectivity index (χ1v) is 7.31. The molecule has 0 fully saturated rings. The lowest BCUT2D eigenvalue weighted by molar-refractivity contribution is -0.142. The van der Waals surface area contributed by atoms with Crippen molar-refractivity contribution in [3.05, 3.63) is 29.9 Å². The maximum Gasteiger partial charge on any atom is 0.306 e. The van der Waals surface area contributed by atoms with Crippen molar-refractivity contribution in [3.8, 4) is 0 Å². The van der Waals surface area contributed by atoms with Gasteiger partial charge in [-0.25, -0.2) is 9.97 Å². The molecule has 0 saturated carbocycles. The van der Waals surface area contributed by atoms with Crippen molar-refractivity contribution in [2.24, 2.45) is 11.7 Å². The molecule has 0 amide bonds. The van der Waals surface area contributed by atoms with Crippen molar-refractivity contribution in [1.29, 1.82) is 0 Å². The van der Waals surface area contributed by atoms with Gasteiger partial charge in [0.05, 0.1) is 17.3 Å². The zero-order chi connectivity index (χ0) is 16.4. The number of rotatable bonds is 6. The molecule has 1 aromatic heterocycles. The van der Waals surface area contributed by atoms with Crippen LogP contribution in [-0.4, -0.2) is 21.0 Å². The number of nitrogens with two attached hydrogens (primary N) is 1. The SMILES string of the molecule is C=C(N)c1nc(C)ncc1C.CCCC(CCC)C(=O)O. The molecule has 0 bridgehead atoms. The molecule has 21 heavy (non-hydrogen) atoms. The van der Waals surface area contributed by atoms with E-state index in [9.17, 15) is 4.79 Å². The number of carboxylic acid groups (broad SMARTS) is 1. The molecule has 0 aliphatic carbocycles. The van der Waals surface area contributed by atoms with E-state index in [1.807, 2.05) is 27.7 Å². The predicted octanol–water partition coefficient (Wildman–Crippen LogP) is 3.31. The van der Waals surface area contributed by atoms with Crippen LogP contribution in [0.4, 0.5) is 0 Å². The van der Waals surface area contributed by atoms with Crippen molar-refractivity contribution >= 4 is 11.7 Å². The van der Waals surface area contributed by atoms with Gasteiger partial charge in [0, 0.05) is 6.20 Å². The van der Waals surface area contributed by atoms with Gasteiger partial charge in [-0.3, -0.25) is 4.79 Å². The van der Waals surface area contributed by atoms with Crippen LogP contribution < -0.4 is 5.73 Å². The topological polar surface area (TPSA) is 89.1 Å². The number of hydrogen-bond acceptors (Lipinski definition) is 4. The lowest BCUT2D eigenvalue weighted by Gasteiger charge is -2.07. The van der Waals surface area contributed by atoms with Gasteiger partial charge in [0.2, 0.25) is 0 Å². The average molecular weight is 293 g/mol. The van der Waals surface area contributed by atoms with Gasteiger partial charge in [-0.15, -0.1) is 0 Å². The smallest absolute Gasteiger partial charge is 0.306 e. The molecule has 3 N–H and O–H groups in total. The fourth-order valence-electron chi connectivity index (χ4n) is 1.94. The normalized spacial score (nSPS) is 9.95. The van der Waals surface area contributed by atoms with Gasteiger partial charge in [-0.1, -0.05) is 33.3 Å². The summed E-state index contributed by atoms with van der Waals surface area (Å²) >= 11 is 0. The Morgan fingerprint density at radius 3 is 2.19 bits per heavy atom. The van der Waals surface area contributed by atoms with Crippen LogP contribution in [0.3, 0.4) is 0 Å². The summed E-state index contributed by atoms with van der Waals surface area (Å²) in [5.74, 6) is -0.0177. The Labute approximate surface area is 127 Å². The van der Waals surface area contributed by atoms with Crippen LogP contribution in [-0.2, 0) is 4.79 Å². The van der Waals surface area contributed by atoms with E-state index in [-0.39, 0.29) is 5.92 Å².